The fraction of sp³-hybridized carbons (Fsp3) is 0.244. The molecule has 0 aromatic heterocycles. The van der Waals surface area contributed by atoms with Crippen molar-refractivity contribution in [3.05, 3.63) is 140 Å². The van der Waals surface area contributed by atoms with Crippen LogP contribution in [0.1, 0.15) is 70.3 Å². The van der Waals surface area contributed by atoms with Crippen molar-refractivity contribution in [2.24, 2.45) is 4.99 Å². The number of benzene rings is 4. The van der Waals surface area contributed by atoms with Crippen molar-refractivity contribution in [2.75, 3.05) is 5.32 Å². The molecule has 0 unspecified atom stereocenters. The lowest BCUT2D eigenvalue weighted by Crippen LogP contribution is -2.10. The molecule has 0 fully saturated rings. The van der Waals surface area contributed by atoms with Crippen LogP contribution in [-0.2, 0) is 26.7 Å². The Bertz CT molecular complexity index is 2370. The first kappa shape index (κ1) is 37.6. The van der Waals surface area contributed by atoms with E-state index in [1.165, 1.54) is 11.6 Å². The van der Waals surface area contributed by atoms with E-state index >= 15 is 0 Å². The summed E-state index contributed by atoms with van der Waals surface area (Å²) < 4.78 is 70.1. The van der Waals surface area contributed by atoms with Gasteiger partial charge in [-0.2, -0.15) is 16.8 Å². The van der Waals surface area contributed by atoms with Gasteiger partial charge in [-0.1, -0.05) is 67.4 Å². The number of aliphatic imine (C=N–C) groups is 1. The second kappa shape index (κ2) is 14.6. The van der Waals surface area contributed by atoms with Crippen LogP contribution >= 0.6 is 0 Å². The highest BCUT2D eigenvalue weighted by atomic mass is 32.2. The maximum Gasteiger partial charge on any atom is 0.295 e. The van der Waals surface area contributed by atoms with E-state index in [4.69, 9.17) is 4.99 Å². The van der Waals surface area contributed by atoms with Crippen LogP contribution in [0.3, 0.4) is 0 Å². The second-order valence-corrected chi connectivity index (χ2v) is 16.0. The smallest absolute Gasteiger partial charge is 0.295 e. The fourth-order valence-electron chi connectivity index (χ4n) is 6.84. The van der Waals surface area contributed by atoms with Crippen molar-refractivity contribution in [1.29, 1.82) is 0 Å². The lowest BCUT2D eigenvalue weighted by Gasteiger charge is -2.21. The molecule has 1 aliphatic carbocycles. The van der Waals surface area contributed by atoms with E-state index in [0.29, 0.717) is 29.6 Å². The largest absolute Gasteiger partial charge is 0.355 e. The van der Waals surface area contributed by atoms with Crippen molar-refractivity contribution in [1.82, 2.24) is 0 Å². The van der Waals surface area contributed by atoms with Crippen LogP contribution in [0, 0.1) is 41.5 Å². The lowest BCUT2D eigenvalue weighted by atomic mass is 9.87. The summed E-state index contributed by atoms with van der Waals surface area (Å²) in [7, 11) is -9.73. The first-order valence-corrected chi connectivity index (χ1v) is 19.7. The predicted molar refractivity (Wildman–Crippen MR) is 207 cm³/mol. The van der Waals surface area contributed by atoms with Crippen LogP contribution in [0.5, 0.6) is 0 Å². The number of nitrogens with one attached hydrogen (secondary N) is 1. The van der Waals surface area contributed by atoms with E-state index in [1.807, 2.05) is 71.0 Å². The Kier molecular flexibility index (Phi) is 10.7. The molecule has 4 aromatic rings. The van der Waals surface area contributed by atoms with Gasteiger partial charge in [-0.25, -0.2) is 4.99 Å². The van der Waals surface area contributed by atoms with Gasteiger partial charge in [-0.3, -0.25) is 9.11 Å². The SMILES string of the molecule is CCC1=CC(=C(c2ccc(Nc3c(C)cc(C)cc3C)c(CC)c2)c2ccc(S(=O)(=O)O)cc2S(=O)(=O)O)C=CC1=Nc1c(C)cc(C)cc1C. The van der Waals surface area contributed by atoms with Gasteiger partial charge in [-0.15, -0.1) is 0 Å². The van der Waals surface area contributed by atoms with Gasteiger partial charge < -0.3 is 5.32 Å². The molecular weight excluding hydrogens is 681 g/mol. The zero-order chi connectivity index (χ0) is 37.4. The van der Waals surface area contributed by atoms with Crippen LogP contribution in [-0.4, -0.2) is 31.7 Å². The Morgan fingerprint density at radius 1 is 0.706 bits per heavy atom. The highest BCUT2D eigenvalue weighted by Crippen LogP contribution is 2.39. The minimum Gasteiger partial charge on any atom is -0.355 e. The standard InChI is InChI=1S/C41H44N2O6S2/c1-9-30-21-32(11-15-36(30)42-40-26(5)17-24(3)18-27(40)6)39(35-14-13-34(50(44,45)46)23-38(35)51(47,48)49)33-12-16-37(31(10-2)22-33)43-41-28(7)19-25(4)20-29(41)8/h11-23,42H,9-10H2,1-8H3,(H,44,45,46)(H,47,48,49). The molecule has 51 heavy (non-hydrogen) atoms. The van der Waals surface area contributed by atoms with Gasteiger partial charge in [-0.05, 0) is 141 Å². The Balaban J connectivity index is 1.77. The number of rotatable bonds is 9. The molecule has 0 saturated heterocycles. The summed E-state index contributed by atoms with van der Waals surface area (Å²) in [4.78, 5) is 3.75. The number of aryl methyl sites for hydroxylation is 7. The number of nitrogens with zero attached hydrogens (tertiary/aromatic N) is 1. The first-order valence-electron chi connectivity index (χ1n) is 16.8. The molecule has 4 aromatic carbocycles. The Morgan fingerprint density at radius 2 is 1.31 bits per heavy atom. The molecule has 0 radical (unpaired) electrons. The van der Waals surface area contributed by atoms with Gasteiger partial charge in [0.05, 0.1) is 16.3 Å². The van der Waals surface area contributed by atoms with Gasteiger partial charge in [0.2, 0.25) is 0 Å². The molecule has 266 valence electrons. The number of hydrogen-bond acceptors (Lipinski definition) is 6. The van der Waals surface area contributed by atoms with Crippen molar-refractivity contribution in [2.45, 2.75) is 78.0 Å². The third-order valence-corrected chi connectivity index (χ3v) is 10.9. The maximum absolute atomic E-state index is 12.9. The van der Waals surface area contributed by atoms with Crippen molar-refractivity contribution >= 4 is 48.6 Å². The average Bonchev–Trinajstić information content (AvgIpc) is 3.04. The summed E-state index contributed by atoms with van der Waals surface area (Å²) in [6.45, 7) is 16.3. The number of hydrogen-bond donors (Lipinski definition) is 3. The van der Waals surface area contributed by atoms with E-state index in [0.717, 1.165) is 73.9 Å². The van der Waals surface area contributed by atoms with Crippen LogP contribution in [0.4, 0.5) is 17.1 Å². The highest BCUT2D eigenvalue weighted by Gasteiger charge is 2.26. The van der Waals surface area contributed by atoms with Crippen LogP contribution in [0.25, 0.3) is 5.57 Å². The molecule has 0 heterocycles. The quantitative estimate of drug-likeness (QED) is 0.146. The molecule has 0 amide bonds. The Hall–Kier alpha value is -4.61. The summed E-state index contributed by atoms with van der Waals surface area (Å²) >= 11 is 0. The van der Waals surface area contributed by atoms with Crippen LogP contribution < -0.4 is 5.32 Å². The predicted octanol–water partition coefficient (Wildman–Crippen LogP) is 9.82. The van der Waals surface area contributed by atoms with Gasteiger partial charge >= 0.3 is 0 Å². The minimum absolute atomic E-state index is 0.0786. The normalized spacial score (nSPS) is 15.3. The second-order valence-electron chi connectivity index (χ2n) is 13.2. The molecule has 0 aliphatic heterocycles. The zero-order valence-electron chi connectivity index (χ0n) is 30.2. The fourth-order valence-corrected chi connectivity index (χ4v) is 8.14. The van der Waals surface area contributed by atoms with Crippen molar-refractivity contribution < 1.29 is 25.9 Å². The van der Waals surface area contributed by atoms with Gasteiger partial charge in [0.15, 0.2) is 0 Å². The summed E-state index contributed by atoms with van der Waals surface area (Å²) in [6, 6.07) is 17.5. The summed E-state index contributed by atoms with van der Waals surface area (Å²) in [5.41, 5.74) is 13.9. The van der Waals surface area contributed by atoms with Crippen LogP contribution in [0.2, 0.25) is 0 Å². The minimum atomic E-state index is -4.96. The zero-order valence-corrected chi connectivity index (χ0v) is 31.8. The molecule has 10 heteroatoms. The first-order chi connectivity index (χ1) is 23.9. The molecular formula is C41H44N2O6S2. The monoisotopic (exact) mass is 724 g/mol. The highest BCUT2D eigenvalue weighted by molar-refractivity contribution is 7.86. The van der Waals surface area contributed by atoms with Crippen LogP contribution in [0.15, 0.2) is 105 Å². The molecule has 0 saturated carbocycles. The number of allylic oxidation sites excluding steroid dienone is 5. The van der Waals surface area contributed by atoms with Gasteiger partial charge in [0, 0.05) is 16.9 Å². The number of anilines is 2. The molecule has 0 bridgehead atoms. The third kappa shape index (κ3) is 8.15. The summed E-state index contributed by atoms with van der Waals surface area (Å²) in [5, 5.41) is 3.60. The van der Waals surface area contributed by atoms with E-state index in [9.17, 15) is 25.9 Å². The maximum atomic E-state index is 12.9. The molecule has 5 rings (SSSR count). The van der Waals surface area contributed by atoms with E-state index < -0.39 is 30.0 Å². The van der Waals surface area contributed by atoms with Crippen molar-refractivity contribution in [3.63, 3.8) is 0 Å². The molecule has 1 aliphatic rings. The molecule has 3 N–H and O–H groups in total. The molecule has 0 atom stereocenters. The van der Waals surface area contributed by atoms with Crippen molar-refractivity contribution in [3.8, 4) is 0 Å². The topological polar surface area (TPSA) is 133 Å². The van der Waals surface area contributed by atoms with E-state index in [1.54, 1.807) is 0 Å². The summed E-state index contributed by atoms with van der Waals surface area (Å²) in [5.74, 6) is 0. The average molecular weight is 725 g/mol. The lowest BCUT2D eigenvalue weighted by molar-refractivity contribution is 0.481. The Morgan fingerprint density at radius 3 is 1.86 bits per heavy atom. The summed E-state index contributed by atoms with van der Waals surface area (Å²) in [6.07, 6.45) is 6.97. The van der Waals surface area contributed by atoms with Gasteiger partial charge in [0.1, 0.15) is 4.90 Å². The molecule has 0 spiro atoms. The van der Waals surface area contributed by atoms with E-state index in [-0.39, 0.29) is 5.56 Å². The van der Waals surface area contributed by atoms with E-state index in [2.05, 4.69) is 50.4 Å². The third-order valence-electron chi connectivity index (χ3n) is 9.13. The molecule has 8 nitrogen and oxygen atoms in total. The van der Waals surface area contributed by atoms with Gasteiger partial charge in [0.25, 0.3) is 20.2 Å². The Labute approximate surface area is 301 Å².